The zero-order valence-corrected chi connectivity index (χ0v) is 15.6. The van der Waals surface area contributed by atoms with Gasteiger partial charge in [0.2, 0.25) is 0 Å². The highest BCUT2D eigenvalue weighted by Crippen LogP contribution is 2.25. The van der Waals surface area contributed by atoms with Crippen molar-refractivity contribution in [2.45, 2.75) is 6.92 Å². The van der Waals surface area contributed by atoms with Gasteiger partial charge in [0.05, 0.1) is 11.4 Å². The van der Waals surface area contributed by atoms with E-state index in [2.05, 4.69) is 0 Å². The van der Waals surface area contributed by atoms with Crippen LogP contribution in [-0.4, -0.2) is 15.6 Å². The molecule has 0 aliphatic heterocycles. The van der Waals surface area contributed by atoms with Gasteiger partial charge in [0.25, 0.3) is 0 Å². The van der Waals surface area contributed by atoms with Crippen LogP contribution in [0.25, 0.3) is 23.0 Å². The molecule has 0 N–H and O–H groups in total. The SMILES string of the molecule is Cc1ccc(C(=O)/C=C\c2cn(-c3ccccc3)nc2-c2ccccc2)cc1. The summed E-state index contributed by atoms with van der Waals surface area (Å²) in [5.74, 6) is -0.0218. The number of allylic oxidation sites excluding steroid dienone is 1. The van der Waals surface area contributed by atoms with E-state index in [0.29, 0.717) is 5.56 Å². The minimum atomic E-state index is -0.0218. The number of para-hydroxylation sites is 1. The molecular formula is C25H20N2O. The first-order valence-electron chi connectivity index (χ1n) is 9.20. The molecular weight excluding hydrogens is 344 g/mol. The summed E-state index contributed by atoms with van der Waals surface area (Å²) >= 11 is 0. The van der Waals surface area contributed by atoms with Crippen LogP contribution in [0.2, 0.25) is 0 Å². The highest BCUT2D eigenvalue weighted by molar-refractivity contribution is 6.07. The Hall–Kier alpha value is -3.72. The minimum absolute atomic E-state index is 0.0218. The fraction of sp³-hybridized carbons (Fsp3) is 0.0400. The molecule has 0 saturated carbocycles. The number of aromatic nitrogens is 2. The first-order valence-corrected chi connectivity index (χ1v) is 9.20. The highest BCUT2D eigenvalue weighted by Gasteiger charge is 2.11. The van der Waals surface area contributed by atoms with Gasteiger partial charge >= 0.3 is 0 Å². The monoisotopic (exact) mass is 364 g/mol. The fourth-order valence-corrected chi connectivity index (χ4v) is 3.02. The van der Waals surface area contributed by atoms with Crippen LogP contribution in [0.3, 0.4) is 0 Å². The maximum absolute atomic E-state index is 12.5. The molecule has 4 rings (SSSR count). The molecule has 0 aliphatic carbocycles. The molecule has 3 heteroatoms. The summed E-state index contributed by atoms with van der Waals surface area (Å²) in [4.78, 5) is 12.5. The number of carbonyl (C=O) groups excluding carboxylic acids is 1. The Morgan fingerprint density at radius 2 is 1.50 bits per heavy atom. The van der Waals surface area contributed by atoms with Gasteiger partial charge in [-0.3, -0.25) is 4.79 Å². The van der Waals surface area contributed by atoms with E-state index in [1.54, 1.807) is 6.08 Å². The number of nitrogens with zero attached hydrogens (tertiary/aromatic N) is 2. The molecule has 0 atom stereocenters. The second kappa shape index (κ2) is 7.89. The average Bonchev–Trinajstić information content (AvgIpc) is 3.18. The minimum Gasteiger partial charge on any atom is -0.289 e. The van der Waals surface area contributed by atoms with Crippen LogP contribution >= 0.6 is 0 Å². The molecule has 28 heavy (non-hydrogen) atoms. The Balaban J connectivity index is 1.71. The average molecular weight is 364 g/mol. The Morgan fingerprint density at radius 1 is 0.857 bits per heavy atom. The molecule has 0 bridgehead atoms. The summed E-state index contributed by atoms with van der Waals surface area (Å²) in [6.07, 6.45) is 5.41. The van der Waals surface area contributed by atoms with Gasteiger partial charge in [-0.05, 0) is 31.2 Å². The Labute approximate surface area is 164 Å². The lowest BCUT2D eigenvalue weighted by Gasteiger charge is -2.00. The van der Waals surface area contributed by atoms with E-state index in [9.17, 15) is 4.79 Å². The zero-order chi connectivity index (χ0) is 19.3. The second-order valence-electron chi connectivity index (χ2n) is 6.64. The maximum Gasteiger partial charge on any atom is 0.185 e. The Bertz CT molecular complexity index is 1110. The van der Waals surface area contributed by atoms with Crippen molar-refractivity contribution < 1.29 is 4.79 Å². The highest BCUT2D eigenvalue weighted by atomic mass is 16.1. The van der Waals surface area contributed by atoms with Crippen LogP contribution in [0.1, 0.15) is 21.5 Å². The molecule has 4 aromatic rings. The van der Waals surface area contributed by atoms with Crippen molar-refractivity contribution in [1.29, 1.82) is 0 Å². The smallest absolute Gasteiger partial charge is 0.185 e. The van der Waals surface area contributed by atoms with Crippen molar-refractivity contribution in [3.8, 4) is 16.9 Å². The summed E-state index contributed by atoms with van der Waals surface area (Å²) in [7, 11) is 0. The normalized spacial score (nSPS) is 11.0. The van der Waals surface area contributed by atoms with E-state index >= 15 is 0 Å². The molecule has 1 heterocycles. The summed E-state index contributed by atoms with van der Waals surface area (Å²) < 4.78 is 1.85. The van der Waals surface area contributed by atoms with Gasteiger partial charge < -0.3 is 0 Å². The maximum atomic E-state index is 12.5. The van der Waals surface area contributed by atoms with E-state index in [0.717, 1.165) is 28.1 Å². The first kappa shape index (κ1) is 17.7. The molecule has 0 aliphatic rings. The lowest BCUT2D eigenvalue weighted by atomic mass is 10.1. The largest absolute Gasteiger partial charge is 0.289 e. The Kier molecular flexibility index (Phi) is 4.98. The van der Waals surface area contributed by atoms with Crippen LogP contribution in [0.4, 0.5) is 0 Å². The van der Waals surface area contributed by atoms with Crippen molar-refractivity contribution in [3.05, 3.63) is 114 Å². The summed E-state index contributed by atoms with van der Waals surface area (Å²) in [6.45, 7) is 2.01. The van der Waals surface area contributed by atoms with E-state index in [1.165, 1.54) is 0 Å². The third-order valence-electron chi connectivity index (χ3n) is 4.56. The second-order valence-corrected chi connectivity index (χ2v) is 6.64. The van der Waals surface area contributed by atoms with E-state index in [4.69, 9.17) is 5.10 Å². The van der Waals surface area contributed by atoms with Crippen LogP contribution in [0.5, 0.6) is 0 Å². The quantitative estimate of drug-likeness (QED) is 0.334. The number of aryl methyl sites for hydroxylation is 1. The molecule has 3 aromatic carbocycles. The number of ketones is 1. The van der Waals surface area contributed by atoms with Crippen molar-refractivity contribution in [3.63, 3.8) is 0 Å². The molecule has 0 saturated heterocycles. The van der Waals surface area contributed by atoms with Crippen LogP contribution in [0.15, 0.2) is 97.2 Å². The number of benzene rings is 3. The zero-order valence-electron chi connectivity index (χ0n) is 15.6. The number of hydrogen-bond acceptors (Lipinski definition) is 2. The third kappa shape index (κ3) is 3.84. The van der Waals surface area contributed by atoms with Crippen molar-refractivity contribution >= 4 is 11.9 Å². The molecule has 0 spiro atoms. The van der Waals surface area contributed by atoms with Gasteiger partial charge in [0.1, 0.15) is 0 Å². The topological polar surface area (TPSA) is 34.9 Å². The van der Waals surface area contributed by atoms with E-state index in [1.807, 2.05) is 109 Å². The first-order chi connectivity index (χ1) is 13.7. The molecule has 1 aromatic heterocycles. The van der Waals surface area contributed by atoms with Gasteiger partial charge in [-0.1, -0.05) is 78.4 Å². The van der Waals surface area contributed by atoms with Crippen molar-refractivity contribution in [1.82, 2.24) is 9.78 Å². The number of carbonyl (C=O) groups is 1. The number of hydrogen-bond donors (Lipinski definition) is 0. The van der Waals surface area contributed by atoms with Crippen LogP contribution < -0.4 is 0 Å². The van der Waals surface area contributed by atoms with Gasteiger partial charge in [0.15, 0.2) is 5.78 Å². The lowest BCUT2D eigenvalue weighted by Crippen LogP contribution is -1.93. The van der Waals surface area contributed by atoms with E-state index in [-0.39, 0.29) is 5.78 Å². The van der Waals surface area contributed by atoms with Crippen molar-refractivity contribution in [2.24, 2.45) is 0 Å². The predicted molar refractivity (Wildman–Crippen MR) is 114 cm³/mol. The van der Waals surface area contributed by atoms with Gasteiger partial charge in [0, 0.05) is 22.9 Å². The van der Waals surface area contributed by atoms with Crippen LogP contribution in [-0.2, 0) is 0 Å². The molecule has 0 fully saturated rings. The molecule has 3 nitrogen and oxygen atoms in total. The number of rotatable bonds is 5. The molecule has 0 radical (unpaired) electrons. The fourth-order valence-electron chi connectivity index (χ4n) is 3.02. The standard InChI is InChI=1S/C25H20N2O/c1-19-12-14-20(15-13-19)24(28)17-16-22-18-27(23-10-6-3-7-11-23)26-25(22)21-8-4-2-5-9-21/h2-18H,1H3/b17-16-. The van der Waals surface area contributed by atoms with Crippen LogP contribution in [0, 0.1) is 6.92 Å². The Morgan fingerprint density at radius 3 is 2.18 bits per heavy atom. The lowest BCUT2D eigenvalue weighted by molar-refractivity contribution is 0.104. The summed E-state index contributed by atoms with van der Waals surface area (Å²) in [5, 5.41) is 4.77. The summed E-state index contributed by atoms with van der Waals surface area (Å²) in [6, 6.07) is 27.6. The molecule has 0 amide bonds. The van der Waals surface area contributed by atoms with Gasteiger partial charge in [-0.2, -0.15) is 5.10 Å². The molecule has 136 valence electrons. The third-order valence-corrected chi connectivity index (χ3v) is 4.56. The van der Waals surface area contributed by atoms with Gasteiger partial charge in [-0.15, -0.1) is 0 Å². The summed E-state index contributed by atoms with van der Waals surface area (Å²) in [5.41, 5.74) is 5.55. The van der Waals surface area contributed by atoms with E-state index < -0.39 is 0 Å². The van der Waals surface area contributed by atoms with Crippen molar-refractivity contribution in [2.75, 3.05) is 0 Å². The predicted octanol–water partition coefficient (Wildman–Crippen LogP) is 5.74. The van der Waals surface area contributed by atoms with Gasteiger partial charge in [-0.25, -0.2) is 4.68 Å². The molecule has 0 unspecified atom stereocenters.